The molecule has 54 valence electrons. The maximum absolute atomic E-state index is 12.8. The lowest BCUT2D eigenvalue weighted by atomic mass is 9.94. The minimum atomic E-state index is -0.594. The van der Waals surface area contributed by atoms with E-state index in [0.717, 1.165) is 19.4 Å². The summed E-state index contributed by atoms with van der Waals surface area (Å²) in [6.07, 6.45) is 1.41. The second-order valence-corrected chi connectivity index (χ2v) is 2.68. The van der Waals surface area contributed by atoms with Gasteiger partial charge in [-0.05, 0) is 18.9 Å². The first-order valence-corrected chi connectivity index (χ1v) is 3.69. The third-order valence-electron chi connectivity index (χ3n) is 2.07. The first-order valence-electron chi connectivity index (χ1n) is 3.69. The van der Waals surface area contributed by atoms with Gasteiger partial charge in [-0.2, -0.15) is 0 Å². The zero-order valence-corrected chi connectivity index (χ0v) is 5.86. The number of rotatable bonds is 1. The van der Waals surface area contributed by atoms with E-state index in [1.54, 1.807) is 0 Å². The molecular weight excluding hydrogens is 117 g/mol. The summed E-state index contributed by atoms with van der Waals surface area (Å²) in [6.45, 7) is 3.62. The van der Waals surface area contributed by atoms with Gasteiger partial charge in [0.2, 0.25) is 0 Å². The van der Waals surface area contributed by atoms with Crippen LogP contribution < -0.4 is 5.32 Å². The first-order chi connectivity index (χ1) is 4.34. The molecule has 1 aliphatic heterocycles. The van der Waals surface area contributed by atoms with Crippen LogP contribution in [-0.4, -0.2) is 19.3 Å². The lowest BCUT2D eigenvalue weighted by molar-refractivity contribution is 0.176. The molecule has 1 heterocycles. The van der Waals surface area contributed by atoms with Crippen LogP contribution >= 0.6 is 0 Å². The van der Waals surface area contributed by atoms with Crippen LogP contribution in [0.4, 0.5) is 4.39 Å². The fourth-order valence-corrected chi connectivity index (χ4v) is 1.33. The molecule has 0 amide bonds. The van der Waals surface area contributed by atoms with Gasteiger partial charge in [-0.15, -0.1) is 0 Å². The van der Waals surface area contributed by atoms with E-state index in [0.29, 0.717) is 12.5 Å². The van der Waals surface area contributed by atoms with Gasteiger partial charge >= 0.3 is 0 Å². The van der Waals surface area contributed by atoms with Crippen molar-refractivity contribution in [2.24, 2.45) is 5.92 Å². The van der Waals surface area contributed by atoms with Gasteiger partial charge in [0.15, 0.2) is 0 Å². The molecule has 1 rings (SSSR count). The Labute approximate surface area is 55.6 Å². The number of hydrogen-bond donors (Lipinski definition) is 1. The van der Waals surface area contributed by atoms with E-state index in [1.165, 1.54) is 0 Å². The lowest BCUT2D eigenvalue weighted by Crippen LogP contribution is -2.37. The van der Waals surface area contributed by atoms with E-state index in [4.69, 9.17) is 0 Å². The molecule has 1 fully saturated rings. The predicted octanol–water partition coefficient (Wildman–Crippen LogP) is 1.34. The van der Waals surface area contributed by atoms with Crippen LogP contribution in [-0.2, 0) is 0 Å². The number of hydrogen-bond acceptors (Lipinski definition) is 1. The van der Waals surface area contributed by atoms with Gasteiger partial charge < -0.3 is 5.32 Å². The number of alkyl halides is 1. The highest BCUT2D eigenvalue weighted by atomic mass is 19.1. The highest BCUT2D eigenvalue weighted by Gasteiger charge is 2.21. The molecule has 1 saturated heterocycles. The molecule has 1 nitrogen and oxygen atoms in total. The summed E-state index contributed by atoms with van der Waals surface area (Å²) in [7, 11) is 0. The molecule has 0 aromatic heterocycles. The summed E-state index contributed by atoms with van der Waals surface area (Å²) < 4.78 is 12.8. The van der Waals surface area contributed by atoms with E-state index >= 15 is 0 Å². The minimum Gasteiger partial charge on any atom is -0.314 e. The second kappa shape index (κ2) is 3.16. The third kappa shape index (κ3) is 1.65. The van der Waals surface area contributed by atoms with Crippen LogP contribution in [0.15, 0.2) is 0 Å². The van der Waals surface area contributed by atoms with Gasteiger partial charge in [0.25, 0.3) is 0 Å². The van der Waals surface area contributed by atoms with Gasteiger partial charge in [0, 0.05) is 6.54 Å². The largest absolute Gasteiger partial charge is 0.314 e. The molecular formula is C7H14FN. The molecule has 0 aromatic carbocycles. The fraction of sp³-hybridized carbons (Fsp3) is 1.00. The Hall–Kier alpha value is -0.110. The topological polar surface area (TPSA) is 12.0 Å². The summed E-state index contributed by atoms with van der Waals surface area (Å²) in [5, 5.41) is 3.02. The van der Waals surface area contributed by atoms with Crippen LogP contribution in [0.1, 0.15) is 19.8 Å². The van der Waals surface area contributed by atoms with E-state index < -0.39 is 6.17 Å². The van der Waals surface area contributed by atoms with Crippen molar-refractivity contribution >= 4 is 0 Å². The van der Waals surface area contributed by atoms with Crippen LogP contribution in [0.5, 0.6) is 0 Å². The Morgan fingerprint density at radius 2 is 2.44 bits per heavy atom. The summed E-state index contributed by atoms with van der Waals surface area (Å²) >= 11 is 0. The van der Waals surface area contributed by atoms with Crippen molar-refractivity contribution in [2.75, 3.05) is 13.1 Å². The monoisotopic (exact) mass is 131 g/mol. The maximum atomic E-state index is 12.8. The zero-order valence-electron chi connectivity index (χ0n) is 5.86. The van der Waals surface area contributed by atoms with Gasteiger partial charge in [-0.25, -0.2) is 4.39 Å². The average molecular weight is 131 g/mol. The van der Waals surface area contributed by atoms with Gasteiger partial charge in [0.1, 0.15) is 6.17 Å². The molecule has 2 heteroatoms. The normalized spacial score (nSPS) is 36.7. The number of nitrogens with one attached hydrogen (secondary N) is 1. The molecule has 0 radical (unpaired) electrons. The molecule has 9 heavy (non-hydrogen) atoms. The maximum Gasteiger partial charge on any atom is 0.115 e. The smallest absolute Gasteiger partial charge is 0.115 e. The second-order valence-electron chi connectivity index (χ2n) is 2.68. The number of piperidine rings is 1. The minimum absolute atomic E-state index is 0.325. The molecule has 0 aromatic rings. The van der Waals surface area contributed by atoms with Crippen LogP contribution in [0.3, 0.4) is 0 Å². The Morgan fingerprint density at radius 1 is 1.67 bits per heavy atom. The molecule has 0 spiro atoms. The van der Waals surface area contributed by atoms with Crippen molar-refractivity contribution in [2.45, 2.75) is 25.9 Å². The van der Waals surface area contributed by atoms with Crippen LogP contribution in [0.25, 0.3) is 0 Å². The fourth-order valence-electron chi connectivity index (χ4n) is 1.33. The molecule has 0 bridgehead atoms. The van der Waals surface area contributed by atoms with E-state index in [1.807, 2.05) is 0 Å². The van der Waals surface area contributed by atoms with E-state index in [9.17, 15) is 4.39 Å². The van der Waals surface area contributed by atoms with Crippen molar-refractivity contribution < 1.29 is 4.39 Å². The Balaban J connectivity index is 2.30. The van der Waals surface area contributed by atoms with Crippen molar-refractivity contribution in [1.82, 2.24) is 5.32 Å². The summed E-state index contributed by atoms with van der Waals surface area (Å²) in [5.74, 6) is 0.325. The van der Waals surface area contributed by atoms with Crippen molar-refractivity contribution in [3.8, 4) is 0 Å². The van der Waals surface area contributed by atoms with Crippen molar-refractivity contribution in [1.29, 1.82) is 0 Å². The predicted molar refractivity (Wildman–Crippen MR) is 36.2 cm³/mol. The molecule has 1 aliphatic rings. The Morgan fingerprint density at radius 3 is 2.89 bits per heavy atom. The average Bonchev–Trinajstić information content (AvgIpc) is 1.89. The molecule has 2 atom stereocenters. The van der Waals surface area contributed by atoms with Gasteiger partial charge in [0.05, 0.1) is 0 Å². The SMILES string of the molecule is CC[C@@H]1CCNC[C@H]1F. The molecule has 0 saturated carbocycles. The quantitative estimate of drug-likeness (QED) is 0.566. The zero-order chi connectivity index (χ0) is 6.69. The summed E-state index contributed by atoms with van der Waals surface area (Å²) in [6, 6.07) is 0. The van der Waals surface area contributed by atoms with Crippen molar-refractivity contribution in [3.05, 3.63) is 0 Å². The summed E-state index contributed by atoms with van der Waals surface area (Å²) in [5.41, 5.74) is 0. The standard InChI is InChI=1S/C7H14FN/c1-2-6-3-4-9-5-7(6)8/h6-7,9H,2-5H2,1H3/t6-,7-/m1/s1. The van der Waals surface area contributed by atoms with Crippen molar-refractivity contribution in [3.63, 3.8) is 0 Å². The van der Waals surface area contributed by atoms with Crippen LogP contribution in [0.2, 0.25) is 0 Å². The lowest BCUT2D eigenvalue weighted by Gasteiger charge is -2.25. The first kappa shape index (κ1) is 7.00. The van der Waals surface area contributed by atoms with Crippen LogP contribution in [0, 0.1) is 5.92 Å². The highest BCUT2D eigenvalue weighted by molar-refractivity contribution is 4.75. The van der Waals surface area contributed by atoms with Gasteiger partial charge in [-0.3, -0.25) is 0 Å². The van der Waals surface area contributed by atoms with E-state index in [-0.39, 0.29) is 0 Å². The molecule has 0 aliphatic carbocycles. The van der Waals surface area contributed by atoms with E-state index in [2.05, 4.69) is 12.2 Å². The third-order valence-corrected chi connectivity index (χ3v) is 2.07. The Bertz CT molecular complexity index is 85.0. The molecule has 0 unspecified atom stereocenters. The van der Waals surface area contributed by atoms with Gasteiger partial charge in [-0.1, -0.05) is 13.3 Å². The number of halogens is 1. The highest BCUT2D eigenvalue weighted by Crippen LogP contribution is 2.18. The molecule has 1 N–H and O–H groups in total. The summed E-state index contributed by atoms with van der Waals surface area (Å²) in [4.78, 5) is 0. The Kier molecular flexibility index (Phi) is 2.46.